The van der Waals surface area contributed by atoms with Crippen LogP contribution in [0.25, 0.3) is 11.3 Å². The van der Waals surface area contributed by atoms with Crippen molar-refractivity contribution in [2.75, 3.05) is 0 Å². The highest BCUT2D eigenvalue weighted by Gasteiger charge is 2.21. The van der Waals surface area contributed by atoms with E-state index in [9.17, 15) is 0 Å². The molecule has 0 amide bonds. The van der Waals surface area contributed by atoms with Gasteiger partial charge in [-0.25, -0.2) is 0 Å². The van der Waals surface area contributed by atoms with Crippen molar-refractivity contribution >= 4 is 15.9 Å². The first-order valence-electron chi connectivity index (χ1n) is 6.43. The third-order valence-corrected chi connectivity index (χ3v) is 4.10. The maximum Gasteiger partial charge on any atom is 0.198 e. The molecule has 0 aliphatic rings. The van der Waals surface area contributed by atoms with Gasteiger partial charge in [-0.05, 0) is 51.9 Å². The molecule has 1 aromatic heterocycles. The predicted molar refractivity (Wildman–Crippen MR) is 82.5 cm³/mol. The standard InChI is InChI=1S/C16H17BrN2O/c1-9-6-11(16(3,4)5)7-10(2)13(9)15-14(17)12(8-18)19-20-15/h6-7H,1-5H3. The summed E-state index contributed by atoms with van der Waals surface area (Å²) in [4.78, 5) is 0. The van der Waals surface area contributed by atoms with E-state index in [-0.39, 0.29) is 11.1 Å². The molecule has 0 fully saturated rings. The first kappa shape index (κ1) is 14.8. The van der Waals surface area contributed by atoms with Gasteiger partial charge in [0.15, 0.2) is 11.5 Å². The fourth-order valence-corrected chi connectivity index (χ4v) is 2.69. The number of hydrogen-bond acceptors (Lipinski definition) is 3. The molecule has 0 aliphatic heterocycles. The van der Waals surface area contributed by atoms with Crippen LogP contribution in [-0.4, -0.2) is 5.16 Å². The smallest absolute Gasteiger partial charge is 0.198 e. The minimum Gasteiger partial charge on any atom is -0.354 e. The summed E-state index contributed by atoms with van der Waals surface area (Å²) < 4.78 is 5.96. The molecule has 0 bridgehead atoms. The Kier molecular flexibility index (Phi) is 3.75. The normalized spacial score (nSPS) is 11.4. The maximum absolute atomic E-state index is 8.97. The highest BCUT2D eigenvalue weighted by molar-refractivity contribution is 9.10. The van der Waals surface area contributed by atoms with Crippen LogP contribution in [0, 0.1) is 25.2 Å². The molecule has 2 aromatic rings. The fraction of sp³-hybridized carbons (Fsp3) is 0.375. The van der Waals surface area contributed by atoms with Crippen LogP contribution in [0.4, 0.5) is 0 Å². The summed E-state index contributed by atoms with van der Waals surface area (Å²) >= 11 is 3.40. The Hall–Kier alpha value is -1.60. The summed E-state index contributed by atoms with van der Waals surface area (Å²) in [5.41, 5.74) is 4.90. The van der Waals surface area contributed by atoms with Gasteiger partial charge < -0.3 is 4.52 Å². The van der Waals surface area contributed by atoms with Crippen LogP contribution in [0.1, 0.15) is 43.2 Å². The van der Waals surface area contributed by atoms with Gasteiger partial charge >= 0.3 is 0 Å². The molecule has 0 unspecified atom stereocenters. The number of nitrogens with zero attached hydrogens (tertiary/aromatic N) is 2. The van der Waals surface area contributed by atoms with Crippen LogP contribution in [0.15, 0.2) is 21.1 Å². The first-order chi connectivity index (χ1) is 9.25. The van der Waals surface area contributed by atoms with Crippen molar-refractivity contribution in [2.45, 2.75) is 40.0 Å². The molecule has 3 nitrogen and oxygen atoms in total. The lowest BCUT2D eigenvalue weighted by Crippen LogP contribution is -2.12. The minimum atomic E-state index is 0.102. The number of hydrogen-bond donors (Lipinski definition) is 0. The molecule has 0 saturated heterocycles. The molecule has 0 saturated carbocycles. The topological polar surface area (TPSA) is 49.8 Å². The van der Waals surface area contributed by atoms with Crippen LogP contribution in [0.5, 0.6) is 0 Å². The predicted octanol–water partition coefficient (Wildman–Crippen LogP) is 4.89. The second-order valence-corrected chi connectivity index (χ2v) is 6.81. The lowest BCUT2D eigenvalue weighted by Gasteiger charge is -2.21. The Morgan fingerprint density at radius 2 is 1.75 bits per heavy atom. The van der Waals surface area contributed by atoms with Crippen LogP contribution in [0.2, 0.25) is 0 Å². The lowest BCUT2D eigenvalue weighted by molar-refractivity contribution is 0.429. The SMILES string of the molecule is Cc1cc(C(C)(C)C)cc(C)c1-c1onc(C#N)c1Br. The Morgan fingerprint density at radius 1 is 1.20 bits per heavy atom. The highest BCUT2D eigenvalue weighted by atomic mass is 79.9. The molecular weight excluding hydrogens is 316 g/mol. The summed E-state index contributed by atoms with van der Waals surface area (Å²) in [5, 5.41) is 12.7. The molecule has 0 N–H and O–H groups in total. The van der Waals surface area contributed by atoms with Crippen LogP contribution < -0.4 is 0 Å². The third-order valence-electron chi connectivity index (χ3n) is 3.37. The molecule has 104 valence electrons. The van der Waals surface area contributed by atoms with Crippen molar-refractivity contribution in [3.8, 4) is 17.4 Å². The van der Waals surface area contributed by atoms with Crippen molar-refractivity contribution in [1.29, 1.82) is 5.26 Å². The zero-order chi connectivity index (χ0) is 15.1. The molecule has 1 aromatic carbocycles. The number of benzene rings is 1. The van der Waals surface area contributed by atoms with E-state index in [0.717, 1.165) is 16.7 Å². The Balaban J connectivity index is 2.65. The van der Waals surface area contributed by atoms with Crippen LogP contribution in [-0.2, 0) is 5.41 Å². The highest BCUT2D eigenvalue weighted by Crippen LogP contribution is 2.37. The van der Waals surface area contributed by atoms with Gasteiger partial charge in [-0.15, -0.1) is 0 Å². The zero-order valence-corrected chi connectivity index (χ0v) is 13.9. The summed E-state index contributed by atoms with van der Waals surface area (Å²) in [6.45, 7) is 10.7. The van der Waals surface area contributed by atoms with Crippen LogP contribution in [0.3, 0.4) is 0 Å². The Bertz CT molecular complexity index is 679. The second kappa shape index (κ2) is 5.06. The van der Waals surface area contributed by atoms with Gasteiger partial charge in [-0.3, -0.25) is 0 Å². The molecule has 0 radical (unpaired) electrons. The minimum absolute atomic E-state index is 0.102. The van der Waals surface area contributed by atoms with Crippen molar-refractivity contribution < 1.29 is 4.52 Å². The van der Waals surface area contributed by atoms with Crippen LogP contribution >= 0.6 is 15.9 Å². The maximum atomic E-state index is 8.97. The second-order valence-electron chi connectivity index (χ2n) is 6.02. The third kappa shape index (κ3) is 2.51. The van der Waals surface area contributed by atoms with Gasteiger partial charge in [0.2, 0.25) is 0 Å². The van der Waals surface area contributed by atoms with E-state index in [1.54, 1.807) is 0 Å². The van der Waals surface area contributed by atoms with E-state index in [1.165, 1.54) is 5.56 Å². The van der Waals surface area contributed by atoms with E-state index in [1.807, 2.05) is 6.07 Å². The van der Waals surface area contributed by atoms with Gasteiger partial charge in [0, 0.05) is 5.56 Å². The van der Waals surface area contributed by atoms with Crippen molar-refractivity contribution in [2.24, 2.45) is 0 Å². The van der Waals surface area contributed by atoms with Crippen molar-refractivity contribution in [3.63, 3.8) is 0 Å². The number of aryl methyl sites for hydroxylation is 2. The van der Waals surface area contributed by atoms with Gasteiger partial charge in [-0.1, -0.05) is 38.1 Å². The van der Waals surface area contributed by atoms with Gasteiger partial charge in [-0.2, -0.15) is 5.26 Å². The zero-order valence-electron chi connectivity index (χ0n) is 12.3. The fourth-order valence-electron chi connectivity index (χ4n) is 2.26. The van der Waals surface area contributed by atoms with E-state index in [2.05, 4.69) is 67.8 Å². The van der Waals surface area contributed by atoms with E-state index < -0.39 is 0 Å². The number of nitriles is 1. The lowest BCUT2D eigenvalue weighted by atomic mass is 9.83. The first-order valence-corrected chi connectivity index (χ1v) is 7.22. The molecule has 0 atom stereocenters. The molecule has 2 rings (SSSR count). The van der Waals surface area contributed by atoms with E-state index in [0.29, 0.717) is 10.2 Å². The number of halogens is 1. The average molecular weight is 333 g/mol. The van der Waals surface area contributed by atoms with Crippen molar-refractivity contribution in [3.05, 3.63) is 39.0 Å². The Morgan fingerprint density at radius 3 is 2.15 bits per heavy atom. The molecule has 1 heterocycles. The summed E-state index contributed by atoms with van der Waals surface area (Å²) in [7, 11) is 0. The van der Waals surface area contributed by atoms with E-state index >= 15 is 0 Å². The molecule has 0 aliphatic carbocycles. The number of rotatable bonds is 1. The largest absolute Gasteiger partial charge is 0.354 e. The number of aromatic nitrogens is 1. The Labute approximate surface area is 127 Å². The average Bonchev–Trinajstić information content (AvgIpc) is 2.69. The molecule has 0 spiro atoms. The monoisotopic (exact) mass is 332 g/mol. The van der Waals surface area contributed by atoms with E-state index in [4.69, 9.17) is 9.78 Å². The quantitative estimate of drug-likeness (QED) is 0.746. The molecule has 20 heavy (non-hydrogen) atoms. The van der Waals surface area contributed by atoms with Gasteiger partial charge in [0.05, 0.1) is 0 Å². The molecular formula is C16H17BrN2O. The summed E-state index contributed by atoms with van der Waals surface area (Å²) in [6.07, 6.45) is 0. The van der Waals surface area contributed by atoms with Gasteiger partial charge in [0.25, 0.3) is 0 Å². The summed E-state index contributed by atoms with van der Waals surface area (Å²) in [6, 6.07) is 6.35. The summed E-state index contributed by atoms with van der Waals surface area (Å²) in [5.74, 6) is 0.622. The molecule has 4 heteroatoms. The van der Waals surface area contributed by atoms with Crippen molar-refractivity contribution in [1.82, 2.24) is 5.16 Å². The van der Waals surface area contributed by atoms with Gasteiger partial charge in [0.1, 0.15) is 10.5 Å².